The summed E-state index contributed by atoms with van der Waals surface area (Å²) in [6, 6.07) is 2.07. The molecule has 2 aliphatic rings. The Labute approximate surface area is 120 Å². The molecule has 1 aromatic heterocycles. The minimum atomic E-state index is -0.369. The maximum Gasteiger partial charge on any atom is 0.224 e. The Morgan fingerprint density at radius 1 is 1.35 bits per heavy atom. The zero-order chi connectivity index (χ0) is 14.5. The van der Waals surface area contributed by atoms with Gasteiger partial charge in [0.1, 0.15) is 0 Å². The molecule has 2 N–H and O–H groups in total. The van der Waals surface area contributed by atoms with Crippen LogP contribution in [-0.4, -0.2) is 24.0 Å². The van der Waals surface area contributed by atoms with Crippen LogP contribution in [0.1, 0.15) is 30.7 Å². The number of nitrogens with one attached hydrogen (secondary N) is 2. The van der Waals surface area contributed by atoms with Gasteiger partial charge >= 0.3 is 0 Å². The highest BCUT2D eigenvalue weighted by Gasteiger charge is 2.57. The summed E-state index contributed by atoms with van der Waals surface area (Å²) in [6.07, 6.45) is 1.89. The van der Waals surface area contributed by atoms with E-state index in [2.05, 4.69) is 42.5 Å². The van der Waals surface area contributed by atoms with E-state index in [0.29, 0.717) is 11.8 Å². The Bertz CT molecular complexity index is 543. The van der Waals surface area contributed by atoms with Crippen molar-refractivity contribution >= 4 is 5.91 Å². The molecule has 1 aromatic rings. The number of carbonyl (C=O) groups excluding carboxylic acids is 1. The lowest BCUT2D eigenvalue weighted by molar-refractivity contribution is -0.124. The van der Waals surface area contributed by atoms with Crippen LogP contribution in [0.2, 0.25) is 0 Å². The monoisotopic (exact) mass is 273 g/mol. The minimum absolute atomic E-state index is 0.200. The van der Waals surface area contributed by atoms with Crippen molar-refractivity contribution < 1.29 is 4.79 Å². The molecule has 2 heterocycles. The fraction of sp³-hybridized carbons (Fsp3) is 0.625. The van der Waals surface area contributed by atoms with E-state index in [1.165, 1.54) is 5.56 Å². The molecule has 20 heavy (non-hydrogen) atoms. The smallest absolute Gasteiger partial charge is 0.224 e. The summed E-state index contributed by atoms with van der Waals surface area (Å²) >= 11 is 0. The lowest BCUT2D eigenvalue weighted by Gasteiger charge is -2.28. The Hall–Kier alpha value is -1.42. The molecule has 1 amide bonds. The van der Waals surface area contributed by atoms with Crippen molar-refractivity contribution in [1.82, 2.24) is 15.6 Å². The molecule has 2 fully saturated rings. The van der Waals surface area contributed by atoms with Gasteiger partial charge in [-0.1, -0.05) is 0 Å². The molecular weight excluding hydrogens is 250 g/mol. The van der Waals surface area contributed by atoms with Gasteiger partial charge in [-0.15, -0.1) is 0 Å². The van der Waals surface area contributed by atoms with Gasteiger partial charge in [-0.2, -0.15) is 0 Å². The molecule has 1 saturated heterocycles. The molecule has 0 spiro atoms. The average molecular weight is 273 g/mol. The standard InChI is InChI=1S/C16H23N3O/c1-9-5-10(2)18-8-13(9)16(3,4)19-15(20)14-11-6-17-7-12(11)14/h5,8,11-12,14,17H,6-7H2,1-4H3,(H,19,20)/t11-,12+,14?. The van der Waals surface area contributed by atoms with Crippen LogP contribution >= 0.6 is 0 Å². The predicted molar refractivity (Wildman–Crippen MR) is 78.2 cm³/mol. The first-order valence-electron chi connectivity index (χ1n) is 7.36. The summed E-state index contributed by atoms with van der Waals surface area (Å²) in [5.41, 5.74) is 2.92. The van der Waals surface area contributed by atoms with E-state index in [1.54, 1.807) is 0 Å². The second kappa shape index (κ2) is 4.55. The molecule has 1 saturated carbocycles. The molecular formula is C16H23N3O. The molecule has 4 nitrogen and oxygen atoms in total. The number of aromatic nitrogens is 1. The third-order valence-electron chi connectivity index (χ3n) is 4.75. The van der Waals surface area contributed by atoms with Crippen LogP contribution in [0, 0.1) is 31.6 Å². The number of amides is 1. The maximum atomic E-state index is 12.4. The van der Waals surface area contributed by atoms with Crippen LogP contribution in [0.5, 0.6) is 0 Å². The van der Waals surface area contributed by atoms with E-state index in [4.69, 9.17) is 0 Å². The summed E-state index contributed by atoms with van der Waals surface area (Å²) in [5, 5.41) is 6.54. The summed E-state index contributed by atoms with van der Waals surface area (Å²) < 4.78 is 0. The molecule has 108 valence electrons. The topological polar surface area (TPSA) is 54.0 Å². The van der Waals surface area contributed by atoms with E-state index < -0.39 is 0 Å². The normalized spacial score (nSPS) is 28.1. The van der Waals surface area contributed by atoms with Gasteiger partial charge in [-0.25, -0.2) is 0 Å². The second-order valence-electron chi connectivity index (χ2n) is 6.77. The van der Waals surface area contributed by atoms with Gasteiger partial charge in [-0.05, 0) is 69.8 Å². The number of nitrogens with zero attached hydrogens (tertiary/aromatic N) is 1. The van der Waals surface area contributed by atoms with Gasteiger partial charge in [0, 0.05) is 17.8 Å². The largest absolute Gasteiger partial charge is 0.347 e. The highest BCUT2D eigenvalue weighted by molar-refractivity contribution is 5.83. The van der Waals surface area contributed by atoms with E-state index in [1.807, 2.05) is 13.1 Å². The summed E-state index contributed by atoms with van der Waals surface area (Å²) in [4.78, 5) is 16.8. The Balaban J connectivity index is 1.73. The lowest BCUT2D eigenvalue weighted by Crippen LogP contribution is -2.43. The first kappa shape index (κ1) is 13.6. The molecule has 0 aromatic carbocycles. The second-order valence-corrected chi connectivity index (χ2v) is 6.77. The molecule has 1 unspecified atom stereocenters. The number of pyridine rings is 1. The third-order valence-corrected chi connectivity index (χ3v) is 4.75. The number of fused-ring (bicyclic) bond motifs is 1. The Morgan fingerprint density at radius 3 is 2.60 bits per heavy atom. The average Bonchev–Trinajstić information content (AvgIpc) is 2.83. The number of hydrogen-bond donors (Lipinski definition) is 2. The minimum Gasteiger partial charge on any atom is -0.347 e. The number of aryl methyl sites for hydroxylation is 2. The summed E-state index contributed by atoms with van der Waals surface area (Å²) in [5.74, 6) is 1.53. The molecule has 1 aliphatic carbocycles. The molecule has 0 bridgehead atoms. The van der Waals surface area contributed by atoms with Crippen molar-refractivity contribution in [2.24, 2.45) is 17.8 Å². The van der Waals surface area contributed by atoms with Crippen molar-refractivity contribution in [3.05, 3.63) is 29.1 Å². The van der Waals surface area contributed by atoms with E-state index in [9.17, 15) is 4.79 Å². The molecule has 3 rings (SSSR count). The van der Waals surface area contributed by atoms with Gasteiger partial charge in [0.05, 0.1) is 5.54 Å². The summed E-state index contributed by atoms with van der Waals surface area (Å²) in [6.45, 7) is 10.2. The molecule has 3 atom stereocenters. The van der Waals surface area contributed by atoms with Crippen molar-refractivity contribution in [3.63, 3.8) is 0 Å². The molecule has 0 radical (unpaired) electrons. The third kappa shape index (κ3) is 2.22. The van der Waals surface area contributed by atoms with Crippen LogP contribution in [0.3, 0.4) is 0 Å². The number of piperidine rings is 1. The van der Waals surface area contributed by atoms with Crippen molar-refractivity contribution in [2.75, 3.05) is 13.1 Å². The number of hydrogen-bond acceptors (Lipinski definition) is 3. The van der Waals surface area contributed by atoms with Crippen LogP contribution < -0.4 is 10.6 Å². The quantitative estimate of drug-likeness (QED) is 0.878. The van der Waals surface area contributed by atoms with Crippen LogP contribution in [0.4, 0.5) is 0 Å². The Morgan fingerprint density at radius 2 is 2.00 bits per heavy atom. The molecule has 1 aliphatic heterocycles. The van der Waals surface area contributed by atoms with Gasteiger partial charge in [0.2, 0.25) is 5.91 Å². The summed E-state index contributed by atoms with van der Waals surface area (Å²) in [7, 11) is 0. The van der Waals surface area contributed by atoms with Crippen LogP contribution in [0.25, 0.3) is 0 Å². The van der Waals surface area contributed by atoms with Crippen molar-refractivity contribution in [2.45, 2.75) is 33.2 Å². The number of rotatable bonds is 3. The van der Waals surface area contributed by atoms with Gasteiger partial charge in [0.25, 0.3) is 0 Å². The number of carbonyl (C=O) groups is 1. The van der Waals surface area contributed by atoms with Gasteiger partial charge in [-0.3, -0.25) is 9.78 Å². The maximum absolute atomic E-state index is 12.4. The van der Waals surface area contributed by atoms with Crippen molar-refractivity contribution in [3.8, 4) is 0 Å². The first-order chi connectivity index (χ1) is 9.40. The highest BCUT2D eigenvalue weighted by Crippen LogP contribution is 2.49. The van der Waals surface area contributed by atoms with E-state index in [0.717, 1.165) is 24.3 Å². The van der Waals surface area contributed by atoms with E-state index >= 15 is 0 Å². The lowest BCUT2D eigenvalue weighted by atomic mass is 9.91. The van der Waals surface area contributed by atoms with Crippen LogP contribution in [0.15, 0.2) is 12.3 Å². The Kier molecular flexibility index (Phi) is 3.09. The predicted octanol–water partition coefficient (Wildman–Crippen LogP) is 1.52. The zero-order valence-corrected chi connectivity index (χ0v) is 12.7. The van der Waals surface area contributed by atoms with Crippen LogP contribution in [-0.2, 0) is 10.3 Å². The van der Waals surface area contributed by atoms with Gasteiger partial charge < -0.3 is 10.6 Å². The molecule has 4 heteroatoms. The first-order valence-corrected chi connectivity index (χ1v) is 7.36. The zero-order valence-electron chi connectivity index (χ0n) is 12.7. The fourth-order valence-electron chi connectivity index (χ4n) is 3.62. The SMILES string of the molecule is Cc1cc(C)c(C(C)(C)NC(=O)C2[C@H]3CNC[C@@H]23)cn1. The van der Waals surface area contributed by atoms with Gasteiger partial charge in [0.15, 0.2) is 0 Å². The highest BCUT2D eigenvalue weighted by atomic mass is 16.2. The van der Waals surface area contributed by atoms with Crippen molar-refractivity contribution in [1.29, 1.82) is 0 Å². The van der Waals surface area contributed by atoms with E-state index in [-0.39, 0.29) is 17.4 Å². The fourth-order valence-corrected chi connectivity index (χ4v) is 3.62.